The summed E-state index contributed by atoms with van der Waals surface area (Å²) in [5.41, 5.74) is 2.00. The molecular formula is C23H26O6S. The highest BCUT2D eigenvalue weighted by Crippen LogP contribution is 2.39. The fourth-order valence-corrected chi connectivity index (χ4v) is 4.64. The smallest absolute Gasteiger partial charge is 0.199 e. The van der Waals surface area contributed by atoms with Crippen LogP contribution in [0.2, 0.25) is 0 Å². The summed E-state index contributed by atoms with van der Waals surface area (Å²) in [6, 6.07) is 16.5. The van der Waals surface area contributed by atoms with Crippen molar-refractivity contribution in [2.24, 2.45) is 0 Å². The van der Waals surface area contributed by atoms with Gasteiger partial charge in [0.05, 0.1) is 11.5 Å². The van der Waals surface area contributed by atoms with Crippen LogP contribution in [0, 0.1) is 6.92 Å². The molecule has 0 amide bonds. The predicted octanol–water partition coefficient (Wildman–Crippen LogP) is 3.74. The molecule has 0 radical (unpaired) electrons. The number of fused-ring (bicyclic) bond motifs is 1. The Morgan fingerprint density at radius 2 is 1.73 bits per heavy atom. The lowest BCUT2D eigenvalue weighted by Gasteiger charge is -2.24. The molecule has 160 valence electrons. The first kappa shape index (κ1) is 21.2. The Morgan fingerprint density at radius 1 is 1.03 bits per heavy atom. The van der Waals surface area contributed by atoms with Gasteiger partial charge in [0.25, 0.3) is 0 Å². The molecule has 0 aliphatic carbocycles. The molecular weight excluding hydrogens is 404 g/mol. The van der Waals surface area contributed by atoms with Gasteiger partial charge < -0.3 is 18.9 Å². The highest BCUT2D eigenvalue weighted by Gasteiger charge is 2.54. The van der Waals surface area contributed by atoms with Crippen molar-refractivity contribution in [2.75, 3.05) is 0 Å². The molecule has 0 bridgehead atoms. The van der Waals surface area contributed by atoms with Crippen LogP contribution in [0.15, 0.2) is 71.0 Å². The Labute approximate surface area is 177 Å². The molecule has 4 rings (SSSR count). The monoisotopic (exact) mass is 430 g/mol. The van der Waals surface area contributed by atoms with Crippen molar-refractivity contribution in [3.05, 3.63) is 77.2 Å². The molecule has 2 aliphatic heterocycles. The van der Waals surface area contributed by atoms with Crippen molar-refractivity contribution in [3.63, 3.8) is 0 Å². The van der Waals surface area contributed by atoms with Gasteiger partial charge in [-0.1, -0.05) is 48.0 Å². The quantitative estimate of drug-likeness (QED) is 0.695. The zero-order valence-electron chi connectivity index (χ0n) is 17.2. The summed E-state index contributed by atoms with van der Waals surface area (Å²) in [5, 5.41) is 1.17. The molecule has 2 aromatic carbocycles. The molecule has 2 aromatic rings. The normalized spacial score (nSPS) is 28.1. The van der Waals surface area contributed by atoms with Crippen LogP contribution in [0.1, 0.15) is 25.0 Å². The second-order valence-corrected chi connectivity index (χ2v) is 9.85. The molecule has 0 spiro atoms. The number of hydrogen-bond acceptors (Lipinski definition) is 6. The Hall–Kier alpha value is -2.03. The van der Waals surface area contributed by atoms with E-state index in [1.54, 1.807) is 24.3 Å². The van der Waals surface area contributed by atoms with E-state index in [2.05, 4.69) is 0 Å². The first-order chi connectivity index (χ1) is 14.2. The molecule has 0 saturated carbocycles. The van der Waals surface area contributed by atoms with Crippen molar-refractivity contribution in [2.45, 2.75) is 62.7 Å². The molecule has 0 N–H and O–H groups in total. The molecule has 7 heteroatoms. The number of aryl methyl sites for hydroxylation is 1. The minimum atomic E-state index is -3.60. The molecule has 2 fully saturated rings. The van der Waals surface area contributed by atoms with Gasteiger partial charge >= 0.3 is 0 Å². The van der Waals surface area contributed by atoms with Crippen molar-refractivity contribution < 1.29 is 27.4 Å². The van der Waals surface area contributed by atoms with E-state index in [-0.39, 0.29) is 4.90 Å². The Bertz CT molecular complexity index is 998. The first-order valence-corrected chi connectivity index (χ1v) is 11.4. The molecule has 30 heavy (non-hydrogen) atoms. The van der Waals surface area contributed by atoms with Crippen LogP contribution in [0.3, 0.4) is 0 Å². The second kappa shape index (κ2) is 8.24. The lowest BCUT2D eigenvalue weighted by molar-refractivity contribution is -0.213. The highest BCUT2D eigenvalue weighted by atomic mass is 32.2. The van der Waals surface area contributed by atoms with E-state index in [1.807, 2.05) is 51.1 Å². The second-order valence-electron chi connectivity index (χ2n) is 8.02. The van der Waals surface area contributed by atoms with Gasteiger partial charge in [-0.2, -0.15) is 0 Å². The number of ether oxygens (including phenoxy) is 4. The third-order valence-electron chi connectivity index (χ3n) is 5.11. The van der Waals surface area contributed by atoms with Crippen molar-refractivity contribution in [3.8, 4) is 0 Å². The topological polar surface area (TPSA) is 71.1 Å². The summed E-state index contributed by atoms with van der Waals surface area (Å²) in [6.45, 7) is 5.90. The van der Waals surface area contributed by atoms with E-state index in [0.717, 1.165) is 11.1 Å². The van der Waals surface area contributed by atoms with Gasteiger partial charge in [-0.05, 0) is 44.5 Å². The van der Waals surface area contributed by atoms with E-state index in [4.69, 9.17) is 18.9 Å². The average Bonchev–Trinajstić information content (AvgIpc) is 3.17. The van der Waals surface area contributed by atoms with Gasteiger partial charge in [0, 0.05) is 5.41 Å². The Kier molecular flexibility index (Phi) is 5.83. The lowest BCUT2D eigenvalue weighted by atomic mass is 10.1. The van der Waals surface area contributed by atoms with Gasteiger partial charge in [0.15, 0.2) is 21.9 Å². The number of benzene rings is 2. The van der Waals surface area contributed by atoms with E-state index in [9.17, 15) is 8.42 Å². The SMILES string of the molecule is Cc1ccc(S(=O)(=O)/C=C/[C@H]2O[C@@H]3OC(C)(C)O[C@@H]3[C@@H]2OCc2ccccc2)cc1. The van der Waals surface area contributed by atoms with E-state index in [0.29, 0.717) is 6.61 Å². The average molecular weight is 431 g/mol. The van der Waals surface area contributed by atoms with Crippen molar-refractivity contribution >= 4 is 9.84 Å². The van der Waals surface area contributed by atoms with Gasteiger partial charge in [0.2, 0.25) is 0 Å². The zero-order valence-corrected chi connectivity index (χ0v) is 18.0. The van der Waals surface area contributed by atoms with Gasteiger partial charge in [0.1, 0.15) is 18.3 Å². The minimum Gasteiger partial charge on any atom is -0.368 e. The molecule has 2 aliphatic rings. The van der Waals surface area contributed by atoms with Gasteiger partial charge in [-0.15, -0.1) is 0 Å². The Morgan fingerprint density at radius 3 is 2.43 bits per heavy atom. The third-order valence-corrected chi connectivity index (χ3v) is 6.55. The van der Waals surface area contributed by atoms with Crippen molar-refractivity contribution in [1.29, 1.82) is 0 Å². The Balaban J connectivity index is 1.53. The van der Waals surface area contributed by atoms with Crippen LogP contribution >= 0.6 is 0 Å². The van der Waals surface area contributed by atoms with Crippen LogP contribution < -0.4 is 0 Å². The van der Waals surface area contributed by atoms with Crippen LogP contribution in [0.4, 0.5) is 0 Å². The van der Waals surface area contributed by atoms with Crippen LogP contribution in [-0.4, -0.2) is 38.8 Å². The van der Waals surface area contributed by atoms with E-state index < -0.39 is 40.2 Å². The number of hydrogen-bond donors (Lipinski definition) is 0. The summed E-state index contributed by atoms with van der Waals surface area (Å²) in [7, 11) is -3.60. The van der Waals surface area contributed by atoms with Gasteiger partial charge in [-0.3, -0.25) is 0 Å². The summed E-state index contributed by atoms with van der Waals surface area (Å²) in [5.74, 6) is -0.785. The summed E-state index contributed by atoms with van der Waals surface area (Å²) < 4.78 is 49.2. The lowest BCUT2D eigenvalue weighted by Crippen LogP contribution is -2.36. The standard InChI is InChI=1S/C23H26O6S/c1-16-9-11-18(12-10-16)30(24,25)14-13-19-20(26-15-17-7-5-4-6-8-17)21-22(27-19)29-23(2,3)28-21/h4-14,19-22H,15H2,1-3H3/b14-13+/t19-,20-,21-,22-/m1/s1. The molecule has 4 atom stereocenters. The van der Waals surface area contributed by atoms with Crippen LogP contribution in [-0.2, 0) is 35.4 Å². The zero-order chi connectivity index (χ0) is 21.4. The maximum absolute atomic E-state index is 12.7. The number of rotatable bonds is 6. The minimum absolute atomic E-state index is 0.234. The maximum atomic E-state index is 12.7. The molecule has 2 saturated heterocycles. The first-order valence-electron chi connectivity index (χ1n) is 9.90. The van der Waals surface area contributed by atoms with Crippen LogP contribution in [0.5, 0.6) is 0 Å². The summed E-state index contributed by atoms with van der Waals surface area (Å²) in [4.78, 5) is 0.234. The molecule has 0 aromatic heterocycles. The summed E-state index contributed by atoms with van der Waals surface area (Å²) in [6.07, 6.45) is -0.650. The fourth-order valence-electron chi connectivity index (χ4n) is 3.60. The van der Waals surface area contributed by atoms with Gasteiger partial charge in [-0.25, -0.2) is 8.42 Å². The van der Waals surface area contributed by atoms with Crippen LogP contribution in [0.25, 0.3) is 0 Å². The molecule has 6 nitrogen and oxygen atoms in total. The van der Waals surface area contributed by atoms with E-state index >= 15 is 0 Å². The maximum Gasteiger partial charge on any atom is 0.199 e. The fraction of sp³-hybridized carbons (Fsp3) is 0.391. The molecule has 0 unspecified atom stereocenters. The molecule has 2 heterocycles. The summed E-state index contributed by atoms with van der Waals surface area (Å²) >= 11 is 0. The number of sulfone groups is 1. The predicted molar refractivity (Wildman–Crippen MR) is 111 cm³/mol. The highest BCUT2D eigenvalue weighted by molar-refractivity contribution is 7.94. The third kappa shape index (κ3) is 4.66. The largest absolute Gasteiger partial charge is 0.368 e. The van der Waals surface area contributed by atoms with Crippen molar-refractivity contribution in [1.82, 2.24) is 0 Å². The van der Waals surface area contributed by atoms with E-state index in [1.165, 1.54) is 11.5 Å².